The molecule has 3 nitrogen and oxygen atoms in total. The summed E-state index contributed by atoms with van der Waals surface area (Å²) in [4.78, 5) is 2.46. The molecule has 0 radical (unpaired) electrons. The van der Waals surface area contributed by atoms with Crippen LogP contribution in [0.3, 0.4) is 0 Å². The third-order valence-electron chi connectivity index (χ3n) is 3.97. The maximum absolute atomic E-state index is 6.07. The van der Waals surface area contributed by atoms with Gasteiger partial charge in [0.05, 0.1) is 12.2 Å². The zero-order valence-corrected chi connectivity index (χ0v) is 11.1. The molecule has 2 saturated heterocycles. The molecule has 2 heterocycles. The smallest absolute Gasteiger partial charge is 0.0707 e. The zero-order chi connectivity index (χ0) is 12.5. The molecular formula is C14H19ClN2O. The summed E-state index contributed by atoms with van der Waals surface area (Å²) < 4.78 is 5.87. The quantitative estimate of drug-likeness (QED) is 0.912. The van der Waals surface area contributed by atoms with E-state index in [1.807, 2.05) is 18.2 Å². The van der Waals surface area contributed by atoms with Gasteiger partial charge in [-0.1, -0.05) is 23.7 Å². The lowest BCUT2D eigenvalue weighted by molar-refractivity contribution is -0.0521. The first-order chi connectivity index (χ1) is 8.76. The van der Waals surface area contributed by atoms with Gasteiger partial charge in [-0.05, 0) is 30.5 Å². The van der Waals surface area contributed by atoms with Crippen LogP contribution in [0.15, 0.2) is 24.3 Å². The third kappa shape index (κ3) is 2.41. The van der Waals surface area contributed by atoms with Gasteiger partial charge in [0.1, 0.15) is 0 Å². The number of morpholine rings is 1. The van der Waals surface area contributed by atoms with Crippen LogP contribution >= 0.6 is 11.6 Å². The van der Waals surface area contributed by atoms with Gasteiger partial charge < -0.3 is 10.5 Å². The maximum atomic E-state index is 6.07. The molecule has 0 aromatic heterocycles. The first-order valence-electron chi connectivity index (χ1n) is 6.61. The Labute approximate surface area is 113 Å². The molecule has 0 saturated carbocycles. The largest absolute Gasteiger partial charge is 0.372 e. The lowest BCUT2D eigenvalue weighted by Crippen LogP contribution is -2.46. The van der Waals surface area contributed by atoms with Crippen molar-refractivity contribution in [2.24, 2.45) is 5.73 Å². The van der Waals surface area contributed by atoms with Crippen molar-refractivity contribution in [1.29, 1.82) is 0 Å². The van der Waals surface area contributed by atoms with Crippen molar-refractivity contribution in [3.63, 3.8) is 0 Å². The van der Waals surface area contributed by atoms with Crippen LogP contribution in [-0.2, 0) is 4.74 Å². The van der Waals surface area contributed by atoms with E-state index in [-0.39, 0.29) is 6.04 Å². The Morgan fingerprint density at radius 1 is 1.33 bits per heavy atom. The summed E-state index contributed by atoms with van der Waals surface area (Å²) in [6.07, 6.45) is 3.18. The minimum atomic E-state index is 0.260. The SMILES string of the molecule is NCC(c1cccc(Cl)c1)N1CC2CCC(C1)O2. The van der Waals surface area contributed by atoms with Crippen LogP contribution in [0.25, 0.3) is 0 Å². The molecule has 18 heavy (non-hydrogen) atoms. The first kappa shape index (κ1) is 12.4. The Hall–Kier alpha value is -0.610. The van der Waals surface area contributed by atoms with E-state index >= 15 is 0 Å². The number of benzene rings is 1. The minimum absolute atomic E-state index is 0.260. The van der Waals surface area contributed by atoms with Crippen LogP contribution in [-0.4, -0.2) is 36.7 Å². The highest BCUT2D eigenvalue weighted by atomic mass is 35.5. The summed E-state index contributed by atoms with van der Waals surface area (Å²) >= 11 is 6.07. The number of halogens is 1. The average Bonchev–Trinajstić information content (AvgIpc) is 2.70. The highest BCUT2D eigenvalue weighted by Gasteiger charge is 2.36. The van der Waals surface area contributed by atoms with Gasteiger partial charge in [-0.3, -0.25) is 4.90 Å². The molecule has 3 unspecified atom stereocenters. The van der Waals surface area contributed by atoms with Gasteiger partial charge in [0, 0.05) is 30.7 Å². The van der Waals surface area contributed by atoms with Gasteiger partial charge in [0.25, 0.3) is 0 Å². The molecule has 2 N–H and O–H groups in total. The van der Waals surface area contributed by atoms with E-state index in [1.54, 1.807) is 0 Å². The van der Waals surface area contributed by atoms with Crippen LogP contribution in [0.5, 0.6) is 0 Å². The summed E-state index contributed by atoms with van der Waals surface area (Å²) in [6.45, 7) is 2.61. The van der Waals surface area contributed by atoms with Crippen molar-refractivity contribution in [1.82, 2.24) is 4.90 Å². The topological polar surface area (TPSA) is 38.5 Å². The van der Waals surface area contributed by atoms with Crippen molar-refractivity contribution in [2.75, 3.05) is 19.6 Å². The molecule has 2 bridgehead atoms. The monoisotopic (exact) mass is 266 g/mol. The normalized spacial score (nSPS) is 29.4. The summed E-state index contributed by atoms with van der Waals surface area (Å²) in [5.41, 5.74) is 7.19. The lowest BCUT2D eigenvalue weighted by Gasteiger charge is -2.37. The fourth-order valence-electron chi connectivity index (χ4n) is 3.11. The van der Waals surface area contributed by atoms with Crippen LogP contribution in [0.4, 0.5) is 0 Å². The van der Waals surface area contributed by atoms with E-state index in [0.29, 0.717) is 18.8 Å². The van der Waals surface area contributed by atoms with Crippen LogP contribution < -0.4 is 5.73 Å². The molecular weight excluding hydrogens is 248 g/mol. The fourth-order valence-corrected chi connectivity index (χ4v) is 3.31. The molecule has 4 heteroatoms. The second-order valence-corrected chi connectivity index (χ2v) is 5.65. The van der Waals surface area contributed by atoms with Crippen LogP contribution in [0.1, 0.15) is 24.4 Å². The summed E-state index contributed by atoms with van der Waals surface area (Å²) in [6, 6.07) is 8.30. The Morgan fingerprint density at radius 3 is 2.67 bits per heavy atom. The van der Waals surface area contributed by atoms with Crippen molar-refractivity contribution in [3.8, 4) is 0 Å². The van der Waals surface area contributed by atoms with Crippen molar-refractivity contribution >= 4 is 11.6 Å². The molecule has 0 aliphatic carbocycles. The number of nitrogens with zero attached hydrogens (tertiary/aromatic N) is 1. The van der Waals surface area contributed by atoms with Crippen molar-refractivity contribution < 1.29 is 4.74 Å². The number of fused-ring (bicyclic) bond motifs is 2. The Morgan fingerprint density at radius 2 is 2.06 bits per heavy atom. The fraction of sp³-hybridized carbons (Fsp3) is 0.571. The predicted molar refractivity (Wildman–Crippen MR) is 72.7 cm³/mol. The highest BCUT2D eigenvalue weighted by molar-refractivity contribution is 6.30. The van der Waals surface area contributed by atoms with Crippen LogP contribution in [0.2, 0.25) is 5.02 Å². The average molecular weight is 267 g/mol. The minimum Gasteiger partial charge on any atom is -0.372 e. The standard InChI is InChI=1S/C14H19ClN2O/c15-11-3-1-2-10(6-11)14(7-16)17-8-12-4-5-13(9-17)18-12/h1-3,6,12-14H,4-5,7-9,16H2. The van der Waals surface area contributed by atoms with Gasteiger partial charge in [0.15, 0.2) is 0 Å². The molecule has 3 atom stereocenters. The van der Waals surface area contributed by atoms with E-state index < -0.39 is 0 Å². The molecule has 0 spiro atoms. The van der Waals surface area contributed by atoms with E-state index in [4.69, 9.17) is 22.1 Å². The van der Waals surface area contributed by atoms with Crippen molar-refractivity contribution in [2.45, 2.75) is 31.1 Å². The molecule has 2 aliphatic heterocycles. The van der Waals surface area contributed by atoms with Gasteiger partial charge in [0.2, 0.25) is 0 Å². The molecule has 98 valence electrons. The first-order valence-corrected chi connectivity index (χ1v) is 6.99. The summed E-state index contributed by atoms with van der Waals surface area (Å²) in [5.74, 6) is 0. The highest BCUT2D eigenvalue weighted by Crippen LogP contribution is 2.32. The van der Waals surface area contributed by atoms with Gasteiger partial charge >= 0.3 is 0 Å². The van der Waals surface area contributed by atoms with Crippen molar-refractivity contribution in [3.05, 3.63) is 34.9 Å². The van der Waals surface area contributed by atoms with E-state index in [2.05, 4.69) is 11.0 Å². The Balaban J connectivity index is 1.80. The number of ether oxygens (including phenoxy) is 1. The molecule has 0 amide bonds. The predicted octanol–water partition coefficient (Wildman–Crippen LogP) is 2.20. The summed E-state index contributed by atoms with van der Waals surface area (Å²) in [5, 5.41) is 0.780. The van der Waals surface area contributed by atoms with Gasteiger partial charge in [-0.15, -0.1) is 0 Å². The van der Waals surface area contributed by atoms with Gasteiger partial charge in [-0.2, -0.15) is 0 Å². The molecule has 2 aliphatic rings. The van der Waals surface area contributed by atoms with E-state index in [9.17, 15) is 0 Å². The molecule has 1 aromatic rings. The molecule has 2 fully saturated rings. The lowest BCUT2D eigenvalue weighted by atomic mass is 10.0. The number of hydrogen-bond acceptors (Lipinski definition) is 3. The van der Waals surface area contributed by atoms with Gasteiger partial charge in [-0.25, -0.2) is 0 Å². The Kier molecular flexibility index (Phi) is 3.57. The number of nitrogens with two attached hydrogens (primary N) is 1. The Bertz CT molecular complexity index is 414. The second kappa shape index (κ2) is 5.17. The second-order valence-electron chi connectivity index (χ2n) is 5.22. The van der Waals surface area contributed by atoms with E-state index in [0.717, 1.165) is 18.1 Å². The maximum Gasteiger partial charge on any atom is 0.0707 e. The third-order valence-corrected chi connectivity index (χ3v) is 4.20. The molecule has 1 aromatic carbocycles. The number of hydrogen-bond donors (Lipinski definition) is 1. The zero-order valence-electron chi connectivity index (χ0n) is 10.4. The van der Waals surface area contributed by atoms with Crippen LogP contribution in [0, 0.1) is 0 Å². The van der Waals surface area contributed by atoms with E-state index in [1.165, 1.54) is 18.4 Å². The molecule has 3 rings (SSSR count). The number of likely N-dealkylation sites (tertiary alicyclic amines) is 1. The summed E-state index contributed by atoms with van der Waals surface area (Å²) in [7, 11) is 0. The number of rotatable bonds is 3.